The maximum Gasteiger partial charge on any atom is 0.234 e. The number of methoxy groups -OCH3 is 1. The quantitative estimate of drug-likeness (QED) is 0.772. The molecular weight excluding hydrogens is 252 g/mol. The molecule has 2 rings (SSSR count). The van der Waals surface area contributed by atoms with Gasteiger partial charge in [0.2, 0.25) is 5.91 Å². The number of ether oxygens (including phenoxy) is 1. The van der Waals surface area contributed by atoms with Crippen LogP contribution in [0.25, 0.3) is 0 Å². The number of nitrogens with zero attached hydrogens (tertiary/aromatic N) is 1. The van der Waals surface area contributed by atoms with E-state index < -0.39 is 0 Å². The van der Waals surface area contributed by atoms with Crippen LogP contribution in [0.5, 0.6) is 0 Å². The Bertz CT molecular complexity index is 448. The number of aryl methyl sites for hydroxylation is 1. The number of rotatable bonds is 7. The molecule has 110 valence electrons. The highest BCUT2D eigenvalue weighted by atomic mass is 16.5. The molecular formula is C16H24N2O2. The van der Waals surface area contributed by atoms with Gasteiger partial charge < -0.3 is 10.1 Å². The number of fused-ring (bicyclic) bond motifs is 1. The summed E-state index contributed by atoms with van der Waals surface area (Å²) in [6, 6.07) is 8.91. The minimum atomic E-state index is 0.0907. The highest BCUT2D eigenvalue weighted by Crippen LogP contribution is 2.34. The van der Waals surface area contributed by atoms with Gasteiger partial charge in [-0.2, -0.15) is 0 Å². The number of likely N-dealkylation sites (N-methyl/N-ethyl adjacent to an activating group) is 1. The van der Waals surface area contributed by atoms with Crippen molar-refractivity contribution < 1.29 is 9.53 Å². The Morgan fingerprint density at radius 2 is 2.25 bits per heavy atom. The number of amides is 1. The fourth-order valence-electron chi connectivity index (χ4n) is 2.83. The molecule has 0 spiro atoms. The van der Waals surface area contributed by atoms with Gasteiger partial charge in [-0.3, -0.25) is 9.69 Å². The maximum atomic E-state index is 11.9. The van der Waals surface area contributed by atoms with Crippen molar-refractivity contribution >= 4 is 5.91 Å². The fourth-order valence-corrected chi connectivity index (χ4v) is 2.83. The van der Waals surface area contributed by atoms with Gasteiger partial charge >= 0.3 is 0 Å². The Morgan fingerprint density at radius 1 is 1.45 bits per heavy atom. The third-order valence-electron chi connectivity index (χ3n) is 3.87. The van der Waals surface area contributed by atoms with Gasteiger partial charge in [-0.15, -0.1) is 0 Å². The molecule has 1 amide bonds. The van der Waals surface area contributed by atoms with E-state index in [0.717, 1.165) is 19.3 Å². The van der Waals surface area contributed by atoms with Crippen LogP contribution in [0.15, 0.2) is 24.3 Å². The van der Waals surface area contributed by atoms with E-state index in [1.54, 1.807) is 7.11 Å². The molecule has 1 aromatic rings. The molecule has 0 radical (unpaired) electrons. The second-order valence-electron chi connectivity index (χ2n) is 5.36. The molecule has 4 nitrogen and oxygen atoms in total. The highest BCUT2D eigenvalue weighted by molar-refractivity contribution is 5.78. The molecule has 1 aromatic carbocycles. The predicted octanol–water partition coefficient (Wildman–Crippen LogP) is 1.76. The summed E-state index contributed by atoms with van der Waals surface area (Å²) in [5.74, 6) is 0.0907. The van der Waals surface area contributed by atoms with Crippen molar-refractivity contribution in [3.8, 4) is 0 Å². The third-order valence-corrected chi connectivity index (χ3v) is 3.87. The Morgan fingerprint density at radius 3 is 3.05 bits per heavy atom. The van der Waals surface area contributed by atoms with Gasteiger partial charge in [-0.25, -0.2) is 0 Å². The first kappa shape index (κ1) is 15.0. The Kier molecular flexibility index (Phi) is 5.56. The van der Waals surface area contributed by atoms with Crippen LogP contribution in [0, 0.1) is 0 Å². The zero-order valence-corrected chi connectivity index (χ0v) is 12.4. The molecule has 1 N–H and O–H groups in total. The van der Waals surface area contributed by atoms with E-state index in [-0.39, 0.29) is 5.91 Å². The Labute approximate surface area is 121 Å². The third kappa shape index (κ3) is 3.81. The molecule has 0 unspecified atom stereocenters. The molecule has 0 heterocycles. The lowest BCUT2D eigenvalue weighted by Crippen LogP contribution is -2.37. The molecule has 1 aliphatic rings. The fraction of sp³-hybridized carbons (Fsp3) is 0.562. The molecule has 0 aliphatic heterocycles. The van der Waals surface area contributed by atoms with Gasteiger partial charge in [-0.1, -0.05) is 24.3 Å². The average molecular weight is 276 g/mol. The number of carbonyl (C=O) groups excluding carboxylic acids is 1. The van der Waals surface area contributed by atoms with Crippen molar-refractivity contribution in [3.05, 3.63) is 35.4 Å². The Hall–Kier alpha value is -1.39. The van der Waals surface area contributed by atoms with Gasteiger partial charge in [-0.05, 0) is 37.4 Å². The average Bonchev–Trinajstić information content (AvgIpc) is 2.87. The summed E-state index contributed by atoms with van der Waals surface area (Å²) < 4.78 is 4.96. The number of nitrogens with one attached hydrogen (secondary N) is 1. The molecule has 4 heteroatoms. The summed E-state index contributed by atoms with van der Waals surface area (Å²) in [5.41, 5.74) is 2.80. The van der Waals surface area contributed by atoms with E-state index in [9.17, 15) is 4.79 Å². The number of benzene rings is 1. The molecule has 0 saturated carbocycles. The largest absolute Gasteiger partial charge is 0.385 e. The normalized spacial score (nSPS) is 17.2. The molecule has 0 aromatic heterocycles. The van der Waals surface area contributed by atoms with Crippen LogP contribution < -0.4 is 5.32 Å². The van der Waals surface area contributed by atoms with Crippen molar-refractivity contribution in [1.29, 1.82) is 0 Å². The highest BCUT2D eigenvalue weighted by Gasteiger charge is 2.26. The van der Waals surface area contributed by atoms with Gasteiger partial charge in [0.25, 0.3) is 0 Å². The number of hydrogen-bond acceptors (Lipinski definition) is 3. The maximum absolute atomic E-state index is 11.9. The molecule has 1 atom stereocenters. The topological polar surface area (TPSA) is 41.6 Å². The van der Waals surface area contributed by atoms with Crippen molar-refractivity contribution in [2.45, 2.75) is 25.3 Å². The SMILES string of the molecule is COCCCNC(=O)CN(C)[C@@H]1CCc2ccccc21. The zero-order valence-electron chi connectivity index (χ0n) is 12.4. The molecule has 20 heavy (non-hydrogen) atoms. The standard InChI is InChI=1S/C16H24N2O2/c1-18(12-16(19)17-10-5-11-20-2)15-9-8-13-6-3-4-7-14(13)15/h3-4,6-7,15H,5,8-12H2,1-2H3,(H,17,19)/t15-/m1/s1. The van der Waals surface area contributed by atoms with Gasteiger partial charge in [0.05, 0.1) is 6.54 Å². The summed E-state index contributed by atoms with van der Waals surface area (Å²) >= 11 is 0. The Balaban J connectivity index is 1.81. The van der Waals surface area contributed by atoms with Crippen LogP contribution in [0.1, 0.15) is 30.0 Å². The summed E-state index contributed by atoms with van der Waals surface area (Å²) in [5, 5.41) is 2.94. The first-order valence-electron chi connectivity index (χ1n) is 7.26. The van der Waals surface area contributed by atoms with E-state index in [4.69, 9.17) is 4.74 Å². The van der Waals surface area contributed by atoms with Gasteiger partial charge in [0.1, 0.15) is 0 Å². The lowest BCUT2D eigenvalue weighted by Gasteiger charge is -2.24. The first-order chi connectivity index (χ1) is 9.72. The van der Waals surface area contributed by atoms with E-state index in [2.05, 4.69) is 34.5 Å². The lowest BCUT2D eigenvalue weighted by molar-refractivity contribution is -0.122. The summed E-state index contributed by atoms with van der Waals surface area (Å²) in [4.78, 5) is 14.0. The van der Waals surface area contributed by atoms with Crippen molar-refractivity contribution in [2.75, 3.05) is 33.9 Å². The monoisotopic (exact) mass is 276 g/mol. The van der Waals surface area contributed by atoms with Crippen LogP contribution in [-0.4, -0.2) is 44.7 Å². The van der Waals surface area contributed by atoms with E-state index >= 15 is 0 Å². The minimum absolute atomic E-state index is 0.0907. The van der Waals surface area contributed by atoms with Crippen LogP contribution >= 0.6 is 0 Å². The minimum Gasteiger partial charge on any atom is -0.385 e. The lowest BCUT2D eigenvalue weighted by atomic mass is 10.1. The van der Waals surface area contributed by atoms with Crippen molar-refractivity contribution in [1.82, 2.24) is 10.2 Å². The number of hydrogen-bond donors (Lipinski definition) is 1. The van der Waals surface area contributed by atoms with Crippen LogP contribution in [0.3, 0.4) is 0 Å². The van der Waals surface area contributed by atoms with Gasteiger partial charge in [0.15, 0.2) is 0 Å². The molecule has 0 fully saturated rings. The second-order valence-corrected chi connectivity index (χ2v) is 5.36. The summed E-state index contributed by atoms with van der Waals surface area (Å²) in [7, 11) is 3.70. The smallest absolute Gasteiger partial charge is 0.234 e. The van der Waals surface area contributed by atoms with Crippen LogP contribution in [0.4, 0.5) is 0 Å². The van der Waals surface area contributed by atoms with Gasteiger partial charge in [0, 0.05) is 26.3 Å². The molecule has 1 aliphatic carbocycles. The summed E-state index contributed by atoms with van der Waals surface area (Å²) in [6.45, 7) is 1.82. The number of carbonyl (C=O) groups is 1. The molecule has 0 saturated heterocycles. The predicted molar refractivity (Wildman–Crippen MR) is 79.6 cm³/mol. The van der Waals surface area contributed by atoms with E-state index in [1.807, 2.05) is 7.05 Å². The zero-order chi connectivity index (χ0) is 14.4. The summed E-state index contributed by atoms with van der Waals surface area (Å²) in [6.07, 6.45) is 3.08. The van der Waals surface area contributed by atoms with E-state index in [0.29, 0.717) is 25.7 Å². The van der Waals surface area contributed by atoms with Crippen LogP contribution in [0.2, 0.25) is 0 Å². The van der Waals surface area contributed by atoms with Crippen molar-refractivity contribution in [3.63, 3.8) is 0 Å². The second kappa shape index (κ2) is 7.41. The first-order valence-corrected chi connectivity index (χ1v) is 7.26. The molecule has 0 bridgehead atoms. The van der Waals surface area contributed by atoms with E-state index in [1.165, 1.54) is 11.1 Å². The van der Waals surface area contributed by atoms with Crippen LogP contribution in [-0.2, 0) is 16.0 Å². The van der Waals surface area contributed by atoms with Crippen molar-refractivity contribution in [2.24, 2.45) is 0 Å².